The van der Waals surface area contributed by atoms with E-state index in [1.165, 1.54) is 19.2 Å². The molecule has 1 amide bonds. The molecular weight excluding hydrogens is 314 g/mol. The van der Waals surface area contributed by atoms with Gasteiger partial charge in [-0.15, -0.1) is 0 Å². The number of halogens is 1. The van der Waals surface area contributed by atoms with Gasteiger partial charge < -0.3 is 10.1 Å². The Morgan fingerprint density at radius 3 is 2.57 bits per heavy atom. The lowest BCUT2D eigenvalue weighted by Gasteiger charge is -2.33. The molecule has 0 spiro atoms. The quantitative estimate of drug-likeness (QED) is 0.840. The van der Waals surface area contributed by atoms with Crippen LogP contribution in [0.25, 0.3) is 0 Å². The predicted molar refractivity (Wildman–Crippen MR) is 79.8 cm³/mol. The molecule has 1 fully saturated rings. The largest absolute Gasteiger partial charge is 0.380 e. The number of carbonyl (C=O) groups is 1. The second-order valence-corrected chi connectivity index (χ2v) is 8.05. The Labute approximate surface area is 129 Å². The van der Waals surface area contributed by atoms with E-state index < -0.39 is 9.05 Å². The summed E-state index contributed by atoms with van der Waals surface area (Å²) in [6, 6.07) is 4.48. The van der Waals surface area contributed by atoms with Crippen LogP contribution in [0.3, 0.4) is 0 Å². The van der Waals surface area contributed by atoms with Gasteiger partial charge in [-0.25, -0.2) is 8.42 Å². The van der Waals surface area contributed by atoms with Crippen molar-refractivity contribution in [2.75, 3.05) is 7.11 Å². The third-order valence-corrected chi connectivity index (χ3v) is 4.86. The van der Waals surface area contributed by atoms with Crippen molar-refractivity contribution in [1.82, 2.24) is 5.32 Å². The zero-order valence-electron chi connectivity index (χ0n) is 11.9. The van der Waals surface area contributed by atoms with Gasteiger partial charge in [0.05, 0.1) is 11.5 Å². The number of ether oxygens (including phenoxy) is 1. The summed E-state index contributed by atoms with van der Waals surface area (Å²) >= 11 is 0. The van der Waals surface area contributed by atoms with Gasteiger partial charge >= 0.3 is 0 Å². The summed E-state index contributed by atoms with van der Waals surface area (Å²) in [7, 11) is 2.98. The van der Waals surface area contributed by atoms with E-state index in [0.29, 0.717) is 11.5 Å². The topological polar surface area (TPSA) is 72.5 Å². The number of hydrogen-bond acceptors (Lipinski definition) is 4. The molecule has 1 aliphatic rings. The van der Waals surface area contributed by atoms with E-state index in [1.54, 1.807) is 6.07 Å². The highest BCUT2D eigenvalue weighted by molar-refractivity contribution is 8.13. The molecule has 1 N–H and O–H groups in total. The molecule has 0 aliphatic heterocycles. The number of hydrogen-bond donors (Lipinski definition) is 1. The Morgan fingerprint density at radius 1 is 1.38 bits per heavy atom. The van der Waals surface area contributed by atoms with Gasteiger partial charge in [0, 0.05) is 29.4 Å². The molecule has 7 heteroatoms. The predicted octanol–water partition coefficient (Wildman–Crippen LogP) is 2.29. The number of carbonyl (C=O) groups excluding carboxylic acids is 1. The van der Waals surface area contributed by atoms with Crippen LogP contribution in [0.1, 0.15) is 35.7 Å². The van der Waals surface area contributed by atoms with Crippen LogP contribution in [0.15, 0.2) is 23.1 Å². The van der Waals surface area contributed by atoms with Crippen molar-refractivity contribution < 1.29 is 17.9 Å². The summed E-state index contributed by atoms with van der Waals surface area (Å²) in [5, 5.41) is 2.89. The maximum Gasteiger partial charge on any atom is 0.261 e. The SMILES string of the molecule is COCc1cc(C(=O)NC2CC(C)C2)cc(S(=O)(=O)Cl)c1. The highest BCUT2D eigenvalue weighted by atomic mass is 35.7. The first-order valence-electron chi connectivity index (χ1n) is 6.68. The Bertz CT molecular complexity index is 638. The first-order valence-corrected chi connectivity index (χ1v) is 8.99. The molecule has 0 saturated heterocycles. The van der Waals surface area contributed by atoms with E-state index in [0.717, 1.165) is 12.8 Å². The van der Waals surface area contributed by atoms with Crippen molar-refractivity contribution in [2.24, 2.45) is 5.92 Å². The number of amides is 1. The Balaban J connectivity index is 2.24. The molecule has 5 nitrogen and oxygen atoms in total. The lowest BCUT2D eigenvalue weighted by atomic mass is 9.82. The molecule has 21 heavy (non-hydrogen) atoms. The molecule has 0 unspecified atom stereocenters. The van der Waals surface area contributed by atoms with E-state index in [-0.39, 0.29) is 29.0 Å². The fourth-order valence-electron chi connectivity index (χ4n) is 2.47. The third-order valence-electron chi connectivity index (χ3n) is 3.53. The van der Waals surface area contributed by atoms with E-state index in [4.69, 9.17) is 15.4 Å². The molecule has 0 aromatic heterocycles. The Kier molecular flexibility index (Phi) is 4.91. The number of nitrogens with one attached hydrogen (secondary N) is 1. The minimum atomic E-state index is -3.89. The van der Waals surface area contributed by atoms with Gasteiger partial charge in [0.15, 0.2) is 0 Å². The van der Waals surface area contributed by atoms with E-state index in [1.807, 2.05) is 0 Å². The molecule has 1 aromatic carbocycles. The lowest BCUT2D eigenvalue weighted by Crippen LogP contribution is -2.43. The van der Waals surface area contributed by atoms with Crippen LogP contribution in [-0.2, 0) is 20.4 Å². The van der Waals surface area contributed by atoms with Crippen molar-refractivity contribution >= 4 is 25.6 Å². The maximum absolute atomic E-state index is 12.2. The van der Waals surface area contributed by atoms with Crippen LogP contribution in [0.2, 0.25) is 0 Å². The molecule has 0 bridgehead atoms. The summed E-state index contributed by atoms with van der Waals surface area (Å²) in [4.78, 5) is 12.1. The summed E-state index contributed by atoms with van der Waals surface area (Å²) in [6.45, 7) is 2.33. The molecule has 0 radical (unpaired) electrons. The fraction of sp³-hybridized carbons (Fsp3) is 0.500. The van der Waals surface area contributed by atoms with Crippen LogP contribution < -0.4 is 5.32 Å². The normalized spacial score (nSPS) is 21.7. The smallest absolute Gasteiger partial charge is 0.261 e. The molecule has 0 heterocycles. The van der Waals surface area contributed by atoms with Gasteiger partial charge in [-0.05, 0) is 42.5 Å². The highest BCUT2D eigenvalue weighted by Gasteiger charge is 2.27. The van der Waals surface area contributed by atoms with E-state index in [9.17, 15) is 13.2 Å². The monoisotopic (exact) mass is 331 g/mol. The first-order chi connectivity index (χ1) is 9.79. The number of rotatable bonds is 5. The zero-order chi connectivity index (χ0) is 15.6. The average molecular weight is 332 g/mol. The van der Waals surface area contributed by atoms with Crippen LogP contribution >= 0.6 is 10.7 Å². The van der Waals surface area contributed by atoms with Gasteiger partial charge in [-0.2, -0.15) is 0 Å². The van der Waals surface area contributed by atoms with Crippen LogP contribution in [-0.4, -0.2) is 27.5 Å². The van der Waals surface area contributed by atoms with E-state index in [2.05, 4.69) is 12.2 Å². The molecule has 116 valence electrons. The minimum Gasteiger partial charge on any atom is -0.380 e. The fourth-order valence-corrected chi connectivity index (χ4v) is 3.30. The van der Waals surface area contributed by atoms with Gasteiger partial charge in [0.2, 0.25) is 0 Å². The number of benzene rings is 1. The number of methoxy groups -OCH3 is 1. The maximum atomic E-state index is 12.2. The van der Waals surface area contributed by atoms with Crippen LogP contribution in [0, 0.1) is 5.92 Å². The second-order valence-electron chi connectivity index (χ2n) is 5.48. The van der Waals surface area contributed by atoms with Crippen molar-refractivity contribution in [3.05, 3.63) is 29.3 Å². The van der Waals surface area contributed by atoms with Crippen molar-refractivity contribution in [3.63, 3.8) is 0 Å². The molecule has 0 atom stereocenters. The van der Waals surface area contributed by atoms with Gasteiger partial charge in [-0.1, -0.05) is 6.92 Å². The van der Waals surface area contributed by atoms with E-state index >= 15 is 0 Å². The van der Waals surface area contributed by atoms with Crippen molar-refractivity contribution in [3.8, 4) is 0 Å². The highest BCUT2D eigenvalue weighted by Crippen LogP contribution is 2.27. The second kappa shape index (κ2) is 6.34. The van der Waals surface area contributed by atoms with Crippen molar-refractivity contribution in [2.45, 2.75) is 37.3 Å². The van der Waals surface area contributed by atoms with Crippen LogP contribution in [0.5, 0.6) is 0 Å². The summed E-state index contributed by atoms with van der Waals surface area (Å²) in [5.74, 6) is 0.334. The molecule has 1 aliphatic carbocycles. The minimum absolute atomic E-state index is 0.0918. The summed E-state index contributed by atoms with van der Waals surface area (Å²) in [5.41, 5.74) is 0.870. The van der Waals surface area contributed by atoms with Gasteiger partial charge in [-0.3, -0.25) is 4.79 Å². The first kappa shape index (κ1) is 16.3. The van der Waals surface area contributed by atoms with Gasteiger partial charge in [0.25, 0.3) is 15.0 Å². The summed E-state index contributed by atoms with van der Waals surface area (Å²) < 4.78 is 28.0. The third kappa shape index (κ3) is 4.18. The van der Waals surface area contributed by atoms with Crippen molar-refractivity contribution in [1.29, 1.82) is 0 Å². The van der Waals surface area contributed by atoms with Gasteiger partial charge in [0.1, 0.15) is 0 Å². The standard InChI is InChI=1S/C14H18ClNO4S/c1-9-3-12(4-9)16-14(17)11-5-10(8-20-2)6-13(7-11)21(15,18)19/h5-7,9,12H,3-4,8H2,1-2H3,(H,16,17). The zero-order valence-corrected chi connectivity index (χ0v) is 13.5. The van der Waals surface area contributed by atoms with Crippen LogP contribution in [0.4, 0.5) is 0 Å². The molecule has 1 saturated carbocycles. The Morgan fingerprint density at radius 2 is 2.05 bits per heavy atom. The molecule has 2 rings (SSSR count). The molecular formula is C14H18ClNO4S. The lowest BCUT2D eigenvalue weighted by molar-refractivity contribution is 0.0895. The Hall–Kier alpha value is -1.11. The molecule has 1 aromatic rings. The summed E-state index contributed by atoms with van der Waals surface area (Å²) in [6.07, 6.45) is 1.90. The average Bonchev–Trinajstić information content (AvgIpc) is 2.36.